The topological polar surface area (TPSA) is 49.0 Å². The lowest BCUT2D eigenvalue weighted by atomic mass is 10.1. The molecule has 4 rings (SSSR count). The largest absolute Gasteiger partial charge is 0.416 e. The van der Waals surface area contributed by atoms with Gasteiger partial charge in [0.05, 0.1) is 11.8 Å². The van der Waals surface area contributed by atoms with Gasteiger partial charge in [-0.2, -0.15) is 23.0 Å². The van der Waals surface area contributed by atoms with Crippen LogP contribution in [0.5, 0.6) is 0 Å². The minimum Gasteiger partial charge on any atom is -0.356 e. The van der Waals surface area contributed by atoms with Crippen LogP contribution in [0.1, 0.15) is 31.1 Å². The van der Waals surface area contributed by atoms with Crippen molar-refractivity contribution in [3.05, 3.63) is 52.4 Å². The van der Waals surface area contributed by atoms with Gasteiger partial charge in [0.25, 0.3) is 5.56 Å². The van der Waals surface area contributed by atoms with Gasteiger partial charge >= 0.3 is 6.18 Å². The highest BCUT2D eigenvalue weighted by Crippen LogP contribution is 2.32. The third-order valence-corrected chi connectivity index (χ3v) is 4.93. The van der Waals surface area contributed by atoms with Crippen LogP contribution in [0.15, 0.2) is 41.3 Å². The van der Waals surface area contributed by atoms with E-state index in [1.807, 2.05) is 0 Å². The second kappa shape index (κ2) is 6.53. The summed E-state index contributed by atoms with van der Waals surface area (Å²) in [5.74, 6) is 0. The highest BCUT2D eigenvalue weighted by atomic mass is 19.4. The van der Waals surface area contributed by atoms with E-state index in [4.69, 9.17) is 4.74 Å². The first-order chi connectivity index (χ1) is 12.9. The summed E-state index contributed by atoms with van der Waals surface area (Å²) in [7, 11) is 1.73. The molecular formula is C19H18F3N3O2. The van der Waals surface area contributed by atoms with Crippen molar-refractivity contribution in [3.8, 4) is 11.3 Å². The number of benzene rings is 1. The van der Waals surface area contributed by atoms with Gasteiger partial charge in [0, 0.05) is 24.7 Å². The van der Waals surface area contributed by atoms with Gasteiger partial charge in [-0.05, 0) is 43.0 Å². The number of nitrogens with zero attached hydrogens (tertiary/aromatic N) is 3. The molecule has 27 heavy (non-hydrogen) atoms. The molecule has 1 aliphatic heterocycles. The first-order valence-electron chi connectivity index (χ1n) is 8.73. The van der Waals surface area contributed by atoms with E-state index in [0.29, 0.717) is 28.8 Å². The molecule has 1 fully saturated rings. The van der Waals surface area contributed by atoms with Crippen molar-refractivity contribution in [2.75, 3.05) is 6.61 Å². The highest BCUT2D eigenvalue weighted by Gasteiger charge is 2.30. The summed E-state index contributed by atoms with van der Waals surface area (Å²) in [5.41, 5.74) is 0.735. The number of aryl methyl sites for hydroxylation is 1. The van der Waals surface area contributed by atoms with E-state index in [1.54, 1.807) is 23.9 Å². The van der Waals surface area contributed by atoms with Crippen LogP contribution in [0.2, 0.25) is 0 Å². The number of fused-ring (bicyclic) bond motifs is 1. The average Bonchev–Trinajstić information content (AvgIpc) is 2.99. The van der Waals surface area contributed by atoms with E-state index in [-0.39, 0.29) is 11.8 Å². The second-order valence-electron chi connectivity index (χ2n) is 6.68. The molecule has 8 heteroatoms. The molecule has 0 radical (unpaired) electrons. The third kappa shape index (κ3) is 3.14. The first-order valence-corrected chi connectivity index (χ1v) is 8.73. The minimum atomic E-state index is -4.38. The second-order valence-corrected chi connectivity index (χ2v) is 6.68. The zero-order valence-corrected chi connectivity index (χ0v) is 14.7. The van der Waals surface area contributed by atoms with Crippen molar-refractivity contribution in [2.45, 2.75) is 31.7 Å². The predicted molar refractivity (Wildman–Crippen MR) is 94.3 cm³/mol. The molecule has 0 saturated carbocycles. The number of alkyl halides is 3. The van der Waals surface area contributed by atoms with Crippen LogP contribution in [-0.2, 0) is 18.0 Å². The molecule has 0 bridgehead atoms. The molecule has 1 aliphatic rings. The SMILES string of the molecule is Cn1c(-c2ccc(C(F)(F)F)cc2)cc2cnn(C3CCCCO3)c(=O)c21. The Morgan fingerprint density at radius 3 is 2.56 bits per heavy atom. The molecule has 142 valence electrons. The van der Waals surface area contributed by atoms with Gasteiger partial charge in [0.15, 0.2) is 6.23 Å². The standard InChI is InChI=1S/C19H18F3N3O2/c1-24-15(12-5-7-14(8-6-12)19(20,21)22)10-13-11-23-25(18(26)17(13)24)16-4-2-3-9-27-16/h5-8,10-11,16H,2-4,9H2,1H3. The Balaban J connectivity index is 1.78. The number of rotatable bonds is 2. The molecule has 1 unspecified atom stereocenters. The van der Waals surface area contributed by atoms with Gasteiger partial charge in [-0.3, -0.25) is 4.79 Å². The van der Waals surface area contributed by atoms with Crippen LogP contribution in [0.3, 0.4) is 0 Å². The normalized spacial score (nSPS) is 18.1. The summed E-state index contributed by atoms with van der Waals surface area (Å²) in [4.78, 5) is 12.9. The van der Waals surface area contributed by atoms with E-state index < -0.39 is 11.7 Å². The molecule has 3 heterocycles. The minimum absolute atomic E-state index is 0.264. The van der Waals surface area contributed by atoms with Crippen molar-refractivity contribution in [3.63, 3.8) is 0 Å². The lowest BCUT2D eigenvalue weighted by Crippen LogP contribution is -2.31. The van der Waals surface area contributed by atoms with Gasteiger partial charge in [-0.1, -0.05) is 12.1 Å². The van der Waals surface area contributed by atoms with Gasteiger partial charge in [-0.15, -0.1) is 0 Å². The molecule has 1 aromatic carbocycles. The number of halogens is 3. The predicted octanol–water partition coefficient (Wildman–Crippen LogP) is 4.12. The fourth-order valence-electron chi connectivity index (χ4n) is 3.51. The van der Waals surface area contributed by atoms with Crippen LogP contribution in [0.25, 0.3) is 22.2 Å². The van der Waals surface area contributed by atoms with Crippen molar-refractivity contribution in [1.29, 1.82) is 0 Å². The van der Waals surface area contributed by atoms with Crippen molar-refractivity contribution in [2.24, 2.45) is 7.05 Å². The smallest absolute Gasteiger partial charge is 0.356 e. The number of hydrogen-bond donors (Lipinski definition) is 0. The summed E-state index contributed by atoms with van der Waals surface area (Å²) >= 11 is 0. The number of ether oxygens (including phenoxy) is 1. The third-order valence-electron chi connectivity index (χ3n) is 4.93. The van der Waals surface area contributed by atoms with Crippen molar-refractivity contribution >= 4 is 10.9 Å². The lowest BCUT2D eigenvalue weighted by Gasteiger charge is -2.23. The Hall–Kier alpha value is -2.61. The zero-order valence-electron chi connectivity index (χ0n) is 14.7. The van der Waals surface area contributed by atoms with E-state index in [0.717, 1.165) is 31.4 Å². The summed E-state index contributed by atoms with van der Waals surface area (Å²) in [6.45, 7) is 0.598. The first kappa shape index (κ1) is 17.8. The number of aromatic nitrogens is 3. The maximum absolute atomic E-state index is 12.9. The highest BCUT2D eigenvalue weighted by molar-refractivity contribution is 5.85. The Morgan fingerprint density at radius 2 is 1.93 bits per heavy atom. The molecule has 2 aromatic heterocycles. The molecule has 3 aromatic rings. The van der Waals surface area contributed by atoms with E-state index >= 15 is 0 Å². The fourth-order valence-corrected chi connectivity index (χ4v) is 3.51. The Kier molecular flexibility index (Phi) is 4.30. The Morgan fingerprint density at radius 1 is 1.19 bits per heavy atom. The van der Waals surface area contributed by atoms with Gasteiger partial charge in [0.2, 0.25) is 0 Å². The Labute approximate surface area is 153 Å². The molecule has 0 spiro atoms. The summed E-state index contributed by atoms with van der Waals surface area (Å²) in [5, 5.41) is 4.88. The van der Waals surface area contributed by atoms with Crippen molar-refractivity contribution in [1.82, 2.24) is 14.3 Å². The molecule has 1 saturated heterocycles. The molecule has 1 atom stereocenters. The van der Waals surface area contributed by atoms with E-state index in [2.05, 4.69) is 5.10 Å². The zero-order chi connectivity index (χ0) is 19.2. The molecule has 0 N–H and O–H groups in total. The molecule has 0 aliphatic carbocycles. The van der Waals surface area contributed by atoms with Crippen molar-refractivity contribution < 1.29 is 17.9 Å². The Bertz CT molecular complexity index is 1030. The lowest BCUT2D eigenvalue weighted by molar-refractivity contribution is -0.137. The summed E-state index contributed by atoms with van der Waals surface area (Å²) in [6.07, 6.45) is -0.484. The van der Waals surface area contributed by atoms with Gasteiger partial charge in [0.1, 0.15) is 5.52 Å². The van der Waals surface area contributed by atoms with E-state index in [9.17, 15) is 18.0 Å². The van der Waals surface area contributed by atoms with Crippen LogP contribution < -0.4 is 5.56 Å². The monoisotopic (exact) mass is 377 g/mol. The summed E-state index contributed by atoms with van der Waals surface area (Å²) < 4.78 is 47.0. The maximum atomic E-state index is 12.9. The van der Waals surface area contributed by atoms with Crippen LogP contribution in [-0.4, -0.2) is 21.0 Å². The average molecular weight is 377 g/mol. The van der Waals surface area contributed by atoms with Gasteiger partial charge < -0.3 is 9.30 Å². The quantitative estimate of drug-likeness (QED) is 0.675. The molecular weight excluding hydrogens is 359 g/mol. The molecule has 5 nitrogen and oxygen atoms in total. The van der Waals surface area contributed by atoms with Crippen LogP contribution in [0.4, 0.5) is 13.2 Å². The van der Waals surface area contributed by atoms with E-state index in [1.165, 1.54) is 16.8 Å². The maximum Gasteiger partial charge on any atom is 0.416 e. The summed E-state index contributed by atoms with van der Waals surface area (Å²) in [6, 6.07) is 6.66. The van der Waals surface area contributed by atoms with Gasteiger partial charge in [-0.25, -0.2) is 0 Å². The fraction of sp³-hybridized carbons (Fsp3) is 0.368. The van der Waals surface area contributed by atoms with Crippen LogP contribution in [0, 0.1) is 0 Å². The molecule has 0 amide bonds. The number of hydrogen-bond acceptors (Lipinski definition) is 3. The van der Waals surface area contributed by atoms with Crippen LogP contribution >= 0.6 is 0 Å².